The second-order valence-electron chi connectivity index (χ2n) is 7.05. The molecule has 0 saturated heterocycles. The number of rotatable bonds is 5. The van der Waals surface area contributed by atoms with Crippen LogP contribution in [0, 0.1) is 0 Å². The lowest BCUT2D eigenvalue weighted by Gasteiger charge is -2.09. The van der Waals surface area contributed by atoms with Crippen molar-refractivity contribution >= 4 is 28.2 Å². The van der Waals surface area contributed by atoms with Crippen LogP contribution in [0.15, 0.2) is 84.2 Å². The first kappa shape index (κ1) is 21.6. The highest BCUT2D eigenvalue weighted by Gasteiger charge is 2.30. The van der Waals surface area contributed by atoms with E-state index in [9.17, 15) is 18.0 Å². The molecule has 0 aliphatic carbocycles. The van der Waals surface area contributed by atoms with Crippen LogP contribution < -0.4 is 10.6 Å². The Bertz CT molecular complexity index is 1210. The number of nitrogens with zero attached hydrogens (tertiary/aromatic N) is 1. The lowest BCUT2D eigenvalue weighted by molar-refractivity contribution is -0.137. The van der Waals surface area contributed by atoms with Gasteiger partial charge in [-0.05, 0) is 35.7 Å². The highest BCUT2D eigenvalue weighted by molar-refractivity contribution is 7.14. The minimum Gasteiger partial charge on any atom is -0.308 e. The fourth-order valence-electron chi connectivity index (χ4n) is 3.12. The normalized spacial score (nSPS) is 11.2. The zero-order valence-corrected chi connectivity index (χ0v) is 17.5. The molecule has 1 heterocycles. The summed E-state index contributed by atoms with van der Waals surface area (Å²) in [5, 5.41) is 7.11. The third-order valence-electron chi connectivity index (χ3n) is 4.67. The summed E-state index contributed by atoms with van der Waals surface area (Å²) in [6.07, 6.45) is -3.64. The van der Waals surface area contributed by atoms with Crippen LogP contribution in [0.2, 0.25) is 0 Å². The standard InChI is InChI=1S/C24H18F3N3OS/c25-24(26,27)19-7-4-8-20(14-19)28-22(31)30-23-29-21(15-32-23)18-11-9-17(10-12-18)13-16-5-2-1-3-6-16/h1-12,14-15H,13H2,(H2,28,29,30,31). The SMILES string of the molecule is O=C(Nc1cccc(C(F)(F)F)c1)Nc1nc(-c2ccc(Cc3ccccc3)cc2)cs1. The molecule has 4 rings (SSSR count). The number of nitrogens with one attached hydrogen (secondary N) is 2. The van der Waals surface area contributed by atoms with Crippen molar-refractivity contribution in [1.82, 2.24) is 4.98 Å². The topological polar surface area (TPSA) is 54.0 Å². The Morgan fingerprint density at radius 1 is 0.875 bits per heavy atom. The van der Waals surface area contributed by atoms with Crippen molar-refractivity contribution in [1.29, 1.82) is 0 Å². The van der Waals surface area contributed by atoms with Gasteiger partial charge in [0.25, 0.3) is 0 Å². The van der Waals surface area contributed by atoms with Crippen LogP contribution in [0.25, 0.3) is 11.3 Å². The molecule has 1 aromatic heterocycles. The van der Waals surface area contributed by atoms with Crippen molar-refractivity contribution < 1.29 is 18.0 Å². The summed E-state index contributed by atoms with van der Waals surface area (Å²) in [6, 6.07) is 22.0. The highest BCUT2D eigenvalue weighted by Crippen LogP contribution is 2.31. The van der Waals surface area contributed by atoms with E-state index in [-0.39, 0.29) is 5.69 Å². The first-order chi connectivity index (χ1) is 15.4. The van der Waals surface area contributed by atoms with Crippen molar-refractivity contribution in [2.45, 2.75) is 12.6 Å². The Hall–Kier alpha value is -3.65. The maximum absolute atomic E-state index is 12.8. The number of urea groups is 1. The predicted molar refractivity (Wildman–Crippen MR) is 121 cm³/mol. The van der Waals surface area contributed by atoms with Crippen LogP contribution in [0.3, 0.4) is 0 Å². The number of carbonyl (C=O) groups excluding carboxylic acids is 1. The minimum absolute atomic E-state index is 0.0445. The van der Waals surface area contributed by atoms with Gasteiger partial charge in [-0.25, -0.2) is 9.78 Å². The van der Waals surface area contributed by atoms with Gasteiger partial charge in [-0.15, -0.1) is 11.3 Å². The van der Waals surface area contributed by atoms with Gasteiger partial charge in [0, 0.05) is 16.6 Å². The summed E-state index contributed by atoms with van der Waals surface area (Å²) < 4.78 is 38.4. The average Bonchev–Trinajstić information content (AvgIpc) is 3.23. The fourth-order valence-corrected chi connectivity index (χ4v) is 3.84. The maximum atomic E-state index is 12.8. The fraction of sp³-hybridized carbons (Fsp3) is 0.0833. The minimum atomic E-state index is -4.48. The van der Waals surface area contributed by atoms with Gasteiger partial charge < -0.3 is 5.32 Å². The molecule has 162 valence electrons. The molecule has 32 heavy (non-hydrogen) atoms. The van der Waals surface area contributed by atoms with Crippen LogP contribution >= 0.6 is 11.3 Å². The number of anilines is 2. The van der Waals surface area contributed by atoms with E-state index in [0.717, 1.165) is 24.1 Å². The number of halogens is 3. The number of alkyl halides is 3. The first-order valence-corrected chi connectivity index (χ1v) is 10.6. The molecule has 2 amide bonds. The van der Waals surface area contributed by atoms with E-state index in [0.29, 0.717) is 10.8 Å². The monoisotopic (exact) mass is 453 g/mol. The van der Waals surface area contributed by atoms with E-state index in [2.05, 4.69) is 27.8 Å². The number of hydrogen-bond donors (Lipinski definition) is 2. The number of carbonyl (C=O) groups is 1. The molecular weight excluding hydrogens is 435 g/mol. The molecular formula is C24H18F3N3OS. The summed E-state index contributed by atoms with van der Waals surface area (Å²) >= 11 is 1.23. The molecule has 4 nitrogen and oxygen atoms in total. The average molecular weight is 453 g/mol. The number of hydrogen-bond acceptors (Lipinski definition) is 3. The van der Waals surface area contributed by atoms with Gasteiger partial charge in [0.15, 0.2) is 5.13 Å². The van der Waals surface area contributed by atoms with E-state index in [1.54, 1.807) is 0 Å². The molecule has 0 unspecified atom stereocenters. The molecule has 0 spiro atoms. The lowest BCUT2D eigenvalue weighted by Crippen LogP contribution is -2.19. The van der Waals surface area contributed by atoms with E-state index in [4.69, 9.17) is 0 Å². The molecule has 2 N–H and O–H groups in total. The van der Waals surface area contributed by atoms with Gasteiger partial charge >= 0.3 is 12.2 Å². The van der Waals surface area contributed by atoms with Gasteiger partial charge in [-0.3, -0.25) is 5.32 Å². The van der Waals surface area contributed by atoms with E-state index < -0.39 is 17.8 Å². The molecule has 4 aromatic rings. The number of thiazole rings is 1. The molecule has 8 heteroatoms. The Balaban J connectivity index is 1.38. The number of benzene rings is 3. The quantitative estimate of drug-likeness (QED) is 0.340. The van der Waals surface area contributed by atoms with Gasteiger partial charge in [-0.1, -0.05) is 60.7 Å². The number of aromatic nitrogens is 1. The summed E-state index contributed by atoms with van der Waals surface area (Å²) in [7, 11) is 0. The Morgan fingerprint density at radius 2 is 1.59 bits per heavy atom. The van der Waals surface area contributed by atoms with E-state index >= 15 is 0 Å². The highest BCUT2D eigenvalue weighted by atomic mass is 32.1. The van der Waals surface area contributed by atoms with Crippen LogP contribution in [-0.2, 0) is 12.6 Å². The molecule has 3 aromatic carbocycles. The van der Waals surface area contributed by atoms with Gasteiger partial charge in [-0.2, -0.15) is 13.2 Å². The van der Waals surface area contributed by atoms with Gasteiger partial charge in [0.05, 0.1) is 11.3 Å². The second kappa shape index (κ2) is 9.23. The second-order valence-corrected chi connectivity index (χ2v) is 7.91. The summed E-state index contributed by atoms with van der Waals surface area (Å²) in [5.41, 5.74) is 3.23. The molecule has 0 aliphatic heterocycles. The molecule has 0 radical (unpaired) electrons. The van der Waals surface area contributed by atoms with Gasteiger partial charge in [0.2, 0.25) is 0 Å². The predicted octanol–water partition coefficient (Wildman–Crippen LogP) is 7.06. The van der Waals surface area contributed by atoms with Crippen LogP contribution in [0.1, 0.15) is 16.7 Å². The molecule has 0 atom stereocenters. The van der Waals surface area contributed by atoms with Crippen molar-refractivity contribution in [3.63, 3.8) is 0 Å². The number of amides is 2. The third kappa shape index (κ3) is 5.53. The smallest absolute Gasteiger partial charge is 0.308 e. The molecule has 0 aliphatic rings. The first-order valence-electron chi connectivity index (χ1n) is 9.71. The summed E-state index contributed by atoms with van der Waals surface area (Å²) in [4.78, 5) is 16.6. The summed E-state index contributed by atoms with van der Waals surface area (Å²) in [5.74, 6) is 0. The van der Waals surface area contributed by atoms with E-state index in [1.165, 1.54) is 34.6 Å². The van der Waals surface area contributed by atoms with Crippen LogP contribution in [0.4, 0.5) is 28.8 Å². The lowest BCUT2D eigenvalue weighted by atomic mass is 10.0. The third-order valence-corrected chi connectivity index (χ3v) is 5.43. The summed E-state index contributed by atoms with van der Waals surface area (Å²) in [6.45, 7) is 0. The zero-order valence-electron chi connectivity index (χ0n) is 16.7. The Morgan fingerprint density at radius 3 is 2.31 bits per heavy atom. The Kier molecular flexibility index (Phi) is 6.23. The van der Waals surface area contributed by atoms with Crippen molar-refractivity contribution in [3.8, 4) is 11.3 Å². The van der Waals surface area contributed by atoms with Crippen LogP contribution in [-0.4, -0.2) is 11.0 Å². The van der Waals surface area contributed by atoms with Crippen molar-refractivity contribution in [2.75, 3.05) is 10.6 Å². The largest absolute Gasteiger partial charge is 0.416 e. The Labute approximate surface area is 186 Å². The van der Waals surface area contributed by atoms with E-state index in [1.807, 2.05) is 47.8 Å². The molecule has 0 saturated carbocycles. The van der Waals surface area contributed by atoms with Crippen LogP contribution in [0.5, 0.6) is 0 Å². The van der Waals surface area contributed by atoms with Gasteiger partial charge in [0.1, 0.15) is 0 Å². The zero-order chi connectivity index (χ0) is 22.6. The van der Waals surface area contributed by atoms with Crippen molar-refractivity contribution in [2.24, 2.45) is 0 Å². The molecule has 0 fully saturated rings. The molecule has 0 bridgehead atoms. The van der Waals surface area contributed by atoms with Crippen molar-refractivity contribution in [3.05, 3.63) is 101 Å². The maximum Gasteiger partial charge on any atom is 0.416 e.